The van der Waals surface area contributed by atoms with Crippen LogP contribution in [0.2, 0.25) is 10.0 Å². The number of anilines is 1. The minimum absolute atomic E-state index is 0.0930. The summed E-state index contributed by atoms with van der Waals surface area (Å²) in [6, 6.07) is 8.64. The maximum atomic E-state index is 12.3. The van der Waals surface area contributed by atoms with E-state index in [4.69, 9.17) is 23.2 Å². The van der Waals surface area contributed by atoms with Gasteiger partial charge in [0.05, 0.1) is 24.1 Å². The minimum Gasteiger partial charge on any atom is -0.381 e. The molecule has 0 atom stereocenters. The average molecular weight is 350 g/mol. The molecule has 0 aliphatic rings. The molecule has 1 aromatic carbocycles. The lowest BCUT2D eigenvalue weighted by Crippen LogP contribution is -2.23. The summed E-state index contributed by atoms with van der Waals surface area (Å²) < 4.78 is 3.01. The van der Waals surface area contributed by atoms with Gasteiger partial charge in [0.15, 0.2) is 0 Å². The van der Waals surface area contributed by atoms with E-state index in [1.165, 1.54) is 10.9 Å². The van der Waals surface area contributed by atoms with E-state index in [0.717, 1.165) is 0 Å². The third-order valence-electron chi connectivity index (χ3n) is 3.21. The summed E-state index contributed by atoms with van der Waals surface area (Å²) in [5.41, 5.74) is 0.705. The Labute approximate surface area is 142 Å². The zero-order valence-corrected chi connectivity index (χ0v) is 13.5. The predicted octanol–water partition coefficient (Wildman–Crippen LogP) is 2.85. The van der Waals surface area contributed by atoms with Gasteiger partial charge in [0, 0.05) is 24.0 Å². The van der Waals surface area contributed by atoms with Crippen molar-refractivity contribution in [3.8, 4) is 5.69 Å². The standard InChI is InChI=1S/C15H13Cl2N5O/c16-11-2-4-12(5-3-11)22-15(23)14(17)13(10-20-22)18-7-9-21-8-1-6-19-21/h1-6,8,10,18H,7,9H2. The molecule has 0 amide bonds. The molecule has 1 N–H and O–H groups in total. The molecule has 0 aliphatic heterocycles. The van der Waals surface area contributed by atoms with Gasteiger partial charge in [-0.3, -0.25) is 9.48 Å². The fourth-order valence-electron chi connectivity index (χ4n) is 2.06. The molecule has 0 unspecified atom stereocenters. The highest BCUT2D eigenvalue weighted by molar-refractivity contribution is 6.33. The van der Waals surface area contributed by atoms with Crippen LogP contribution in [0.5, 0.6) is 0 Å². The lowest BCUT2D eigenvalue weighted by atomic mass is 10.3. The molecule has 0 saturated heterocycles. The number of benzene rings is 1. The number of nitrogens with one attached hydrogen (secondary N) is 1. The maximum Gasteiger partial charge on any atom is 0.292 e. The molecule has 3 rings (SSSR count). The van der Waals surface area contributed by atoms with Crippen LogP contribution in [0.1, 0.15) is 0 Å². The number of nitrogens with zero attached hydrogens (tertiary/aromatic N) is 4. The van der Waals surface area contributed by atoms with Gasteiger partial charge in [-0.05, 0) is 30.3 Å². The van der Waals surface area contributed by atoms with Crippen molar-refractivity contribution < 1.29 is 0 Å². The summed E-state index contributed by atoms with van der Waals surface area (Å²) in [5, 5.41) is 12.0. The summed E-state index contributed by atoms with van der Waals surface area (Å²) in [6.45, 7) is 1.23. The number of halogens is 2. The van der Waals surface area contributed by atoms with Crippen LogP contribution in [-0.4, -0.2) is 26.1 Å². The van der Waals surface area contributed by atoms with E-state index < -0.39 is 5.56 Å². The van der Waals surface area contributed by atoms with Crippen molar-refractivity contribution in [2.24, 2.45) is 0 Å². The maximum absolute atomic E-state index is 12.3. The minimum atomic E-state index is -0.391. The largest absolute Gasteiger partial charge is 0.381 e. The SMILES string of the molecule is O=c1c(Cl)c(NCCn2cccn2)cnn1-c1ccc(Cl)cc1. The molecule has 8 heteroatoms. The van der Waals surface area contributed by atoms with E-state index in [1.54, 1.807) is 35.1 Å². The number of hydrogen-bond donors (Lipinski definition) is 1. The molecule has 0 bridgehead atoms. The van der Waals surface area contributed by atoms with Crippen LogP contribution >= 0.6 is 23.2 Å². The van der Waals surface area contributed by atoms with Gasteiger partial charge < -0.3 is 5.32 Å². The van der Waals surface area contributed by atoms with Crippen molar-refractivity contribution >= 4 is 28.9 Å². The van der Waals surface area contributed by atoms with Crippen LogP contribution in [0.3, 0.4) is 0 Å². The molecule has 0 aliphatic carbocycles. The molecule has 2 heterocycles. The van der Waals surface area contributed by atoms with Crippen LogP contribution < -0.4 is 10.9 Å². The molecule has 23 heavy (non-hydrogen) atoms. The molecule has 118 valence electrons. The topological polar surface area (TPSA) is 64.7 Å². The Morgan fingerprint density at radius 3 is 2.61 bits per heavy atom. The van der Waals surface area contributed by atoms with Crippen molar-refractivity contribution in [2.75, 3.05) is 11.9 Å². The summed E-state index contributed by atoms with van der Waals surface area (Å²) in [7, 11) is 0. The van der Waals surface area contributed by atoms with E-state index in [9.17, 15) is 4.79 Å². The molecular formula is C15H13Cl2N5O. The molecule has 0 fully saturated rings. The van der Waals surface area contributed by atoms with Crippen molar-refractivity contribution in [1.82, 2.24) is 19.6 Å². The second-order valence-electron chi connectivity index (χ2n) is 4.76. The van der Waals surface area contributed by atoms with E-state index in [0.29, 0.717) is 29.5 Å². The summed E-state index contributed by atoms with van der Waals surface area (Å²) in [6.07, 6.45) is 5.10. The highest BCUT2D eigenvalue weighted by Gasteiger charge is 2.10. The smallest absolute Gasteiger partial charge is 0.292 e. The van der Waals surface area contributed by atoms with Gasteiger partial charge in [-0.15, -0.1) is 0 Å². The van der Waals surface area contributed by atoms with Crippen LogP contribution in [-0.2, 0) is 6.54 Å². The van der Waals surface area contributed by atoms with Crippen LogP contribution in [0.25, 0.3) is 5.69 Å². The Morgan fingerprint density at radius 2 is 1.91 bits per heavy atom. The van der Waals surface area contributed by atoms with E-state index in [1.807, 2.05) is 12.3 Å². The Hall–Kier alpha value is -2.31. The molecule has 0 spiro atoms. The van der Waals surface area contributed by atoms with E-state index in [-0.39, 0.29) is 5.02 Å². The highest BCUT2D eigenvalue weighted by atomic mass is 35.5. The predicted molar refractivity (Wildman–Crippen MR) is 90.6 cm³/mol. The van der Waals surface area contributed by atoms with Crippen molar-refractivity contribution in [2.45, 2.75) is 6.54 Å². The van der Waals surface area contributed by atoms with Gasteiger partial charge in [-0.25, -0.2) is 0 Å². The van der Waals surface area contributed by atoms with Gasteiger partial charge in [-0.2, -0.15) is 14.9 Å². The Balaban J connectivity index is 1.77. The van der Waals surface area contributed by atoms with Gasteiger partial charge in [0.1, 0.15) is 5.02 Å². The molecule has 0 saturated carbocycles. The Bertz CT molecular complexity index is 843. The summed E-state index contributed by atoms with van der Waals surface area (Å²) in [5.74, 6) is 0. The van der Waals surface area contributed by atoms with Gasteiger partial charge in [0.25, 0.3) is 5.56 Å². The van der Waals surface area contributed by atoms with Crippen molar-refractivity contribution in [1.29, 1.82) is 0 Å². The Morgan fingerprint density at radius 1 is 1.13 bits per heavy atom. The first-order valence-electron chi connectivity index (χ1n) is 6.90. The lowest BCUT2D eigenvalue weighted by molar-refractivity contribution is 0.637. The van der Waals surface area contributed by atoms with Crippen LogP contribution in [0.15, 0.2) is 53.7 Å². The van der Waals surface area contributed by atoms with Crippen molar-refractivity contribution in [3.05, 3.63) is 69.3 Å². The second-order valence-corrected chi connectivity index (χ2v) is 5.58. The first-order chi connectivity index (χ1) is 11.1. The van der Waals surface area contributed by atoms with Crippen LogP contribution in [0.4, 0.5) is 5.69 Å². The fourth-order valence-corrected chi connectivity index (χ4v) is 2.38. The zero-order valence-electron chi connectivity index (χ0n) is 12.0. The molecule has 3 aromatic rings. The molecule has 0 radical (unpaired) electrons. The molecule has 2 aromatic heterocycles. The second kappa shape index (κ2) is 6.85. The average Bonchev–Trinajstić information content (AvgIpc) is 3.06. The number of rotatable bonds is 5. The normalized spacial score (nSPS) is 10.7. The Kier molecular flexibility index (Phi) is 4.64. The number of hydrogen-bond acceptors (Lipinski definition) is 4. The zero-order chi connectivity index (χ0) is 16.2. The monoisotopic (exact) mass is 349 g/mol. The van der Waals surface area contributed by atoms with Gasteiger partial charge in [-0.1, -0.05) is 23.2 Å². The number of aromatic nitrogens is 4. The first kappa shape index (κ1) is 15.6. The van der Waals surface area contributed by atoms with Crippen molar-refractivity contribution in [3.63, 3.8) is 0 Å². The van der Waals surface area contributed by atoms with Crippen LogP contribution in [0, 0.1) is 0 Å². The third-order valence-corrected chi connectivity index (χ3v) is 3.82. The van der Waals surface area contributed by atoms with E-state index in [2.05, 4.69) is 15.5 Å². The summed E-state index contributed by atoms with van der Waals surface area (Å²) >= 11 is 12.0. The van der Waals surface area contributed by atoms with Gasteiger partial charge >= 0.3 is 0 Å². The lowest BCUT2D eigenvalue weighted by Gasteiger charge is -2.10. The quantitative estimate of drug-likeness (QED) is 0.769. The molecule has 6 nitrogen and oxygen atoms in total. The third kappa shape index (κ3) is 3.55. The fraction of sp³-hybridized carbons (Fsp3) is 0.133. The van der Waals surface area contributed by atoms with Gasteiger partial charge in [0.2, 0.25) is 0 Å². The highest BCUT2D eigenvalue weighted by Crippen LogP contribution is 2.17. The molecular weight excluding hydrogens is 337 g/mol. The summed E-state index contributed by atoms with van der Waals surface area (Å²) in [4.78, 5) is 12.3. The van der Waals surface area contributed by atoms with E-state index >= 15 is 0 Å². The first-order valence-corrected chi connectivity index (χ1v) is 7.66.